The first kappa shape index (κ1) is 9.97. The Morgan fingerprint density at radius 3 is 2.60 bits per heavy atom. The van der Waals surface area contributed by atoms with Gasteiger partial charge in [-0.1, -0.05) is 37.6 Å². The predicted octanol–water partition coefficient (Wildman–Crippen LogP) is 3.25. The molecule has 1 heterocycles. The van der Waals surface area contributed by atoms with Crippen LogP contribution in [0.25, 0.3) is 10.8 Å². The van der Waals surface area contributed by atoms with Crippen molar-refractivity contribution < 1.29 is 0 Å². The van der Waals surface area contributed by atoms with Crippen LogP contribution >= 0.6 is 0 Å². The van der Waals surface area contributed by atoms with E-state index in [0.29, 0.717) is 11.7 Å². The molecule has 0 fully saturated rings. The quantitative estimate of drug-likeness (QED) is 0.767. The summed E-state index contributed by atoms with van der Waals surface area (Å²) in [5.41, 5.74) is 8.39. The topological polar surface area (TPSA) is 38.9 Å². The minimum absolute atomic E-state index is 0.474. The zero-order valence-corrected chi connectivity index (χ0v) is 9.41. The lowest BCUT2D eigenvalue weighted by molar-refractivity contribution is 0.869. The number of hydrogen-bond donors (Lipinski definition) is 1. The van der Waals surface area contributed by atoms with Crippen LogP contribution in [0, 0.1) is 6.92 Å². The number of anilines is 1. The molecular formula is C13H16N2. The number of nitrogens with zero attached hydrogens (tertiary/aromatic N) is 1. The van der Waals surface area contributed by atoms with Gasteiger partial charge in [0.25, 0.3) is 0 Å². The van der Waals surface area contributed by atoms with Crippen molar-refractivity contribution >= 4 is 16.6 Å². The summed E-state index contributed by atoms with van der Waals surface area (Å²) in [6, 6.07) is 6.31. The van der Waals surface area contributed by atoms with Gasteiger partial charge in [0.1, 0.15) is 5.82 Å². The summed E-state index contributed by atoms with van der Waals surface area (Å²) in [5, 5.41) is 2.30. The largest absolute Gasteiger partial charge is 0.383 e. The monoisotopic (exact) mass is 200 g/mol. The molecule has 0 bridgehead atoms. The summed E-state index contributed by atoms with van der Waals surface area (Å²) >= 11 is 0. The molecule has 0 spiro atoms. The second-order valence-corrected chi connectivity index (χ2v) is 4.30. The molecule has 1 aromatic heterocycles. The third kappa shape index (κ3) is 1.67. The van der Waals surface area contributed by atoms with Crippen molar-refractivity contribution in [2.45, 2.75) is 26.7 Å². The van der Waals surface area contributed by atoms with Crippen LogP contribution in [0.4, 0.5) is 5.82 Å². The molecule has 78 valence electrons. The number of benzene rings is 1. The molecule has 2 heteroatoms. The molecule has 15 heavy (non-hydrogen) atoms. The first-order chi connectivity index (χ1) is 7.09. The van der Waals surface area contributed by atoms with E-state index in [1.807, 2.05) is 6.20 Å². The number of aromatic nitrogens is 1. The van der Waals surface area contributed by atoms with Crippen molar-refractivity contribution in [1.29, 1.82) is 0 Å². The molecule has 0 radical (unpaired) electrons. The highest BCUT2D eigenvalue weighted by Gasteiger charge is 2.08. The van der Waals surface area contributed by atoms with E-state index in [2.05, 4.69) is 44.0 Å². The van der Waals surface area contributed by atoms with E-state index in [-0.39, 0.29) is 0 Å². The van der Waals surface area contributed by atoms with Crippen LogP contribution in [-0.2, 0) is 0 Å². The Morgan fingerprint density at radius 1 is 1.20 bits per heavy atom. The summed E-state index contributed by atoms with van der Waals surface area (Å²) in [7, 11) is 0. The first-order valence-corrected chi connectivity index (χ1v) is 5.24. The fourth-order valence-corrected chi connectivity index (χ4v) is 1.86. The Labute approximate surface area is 90.1 Å². The lowest BCUT2D eigenvalue weighted by Crippen LogP contribution is -1.97. The molecule has 2 N–H and O–H groups in total. The molecule has 1 aromatic carbocycles. The molecule has 0 amide bonds. The number of rotatable bonds is 1. The summed E-state index contributed by atoms with van der Waals surface area (Å²) in [4.78, 5) is 4.24. The van der Waals surface area contributed by atoms with E-state index >= 15 is 0 Å². The number of hydrogen-bond acceptors (Lipinski definition) is 2. The Balaban J connectivity index is 2.84. The van der Waals surface area contributed by atoms with Gasteiger partial charge in [0.2, 0.25) is 0 Å². The number of fused-ring (bicyclic) bond motifs is 1. The van der Waals surface area contributed by atoms with Crippen LogP contribution in [0.3, 0.4) is 0 Å². The van der Waals surface area contributed by atoms with Crippen LogP contribution in [0.1, 0.15) is 30.9 Å². The number of nitrogens with two attached hydrogens (primary N) is 1. The van der Waals surface area contributed by atoms with Gasteiger partial charge in [-0.05, 0) is 23.8 Å². The number of aryl methyl sites for hydroxylation is 1. The molecule has 0 aliphatic rings. The van der Waals surface area contributed by atoms with E-state index in [1.165, 1.54) is 16.5 Å². The van der Waals surface area contributed by atoms with Gasteiger partial charge in [0.15, 0.2) is 0 Å². The molecule has 0 saturated heterocycles. The van der Waals surface area contributed by atoms with E-state index < -0.39 is 0 Å². The van der Waals surface area contributed by atoms with E-state index in [1.54, 1.807) is 0 Å². The van der Waals surface area contributed by atoms with E-state index in [4.69, 9.17) is 5.73 Å². The van der Waals surface area contributed by atoms with Gasteiger partial charge in [0.05, 0.1) is 0 Å². The maximum atomic E-state index is 5.86. The third-order valence-corrected chi connectivity index (χ3v) is 2.73. The fourth-order valence-electron chi connectivity index (χ4n) is 1.86. The van der Waals surface area contributed by atoms with Crippen LogP contribution in [-0.4, -0.2) is 4.98 Å². The standard InChI is InChI=1S/C13H16N2/c1-8(2)12-7-15-13(14)10-5-4-9(3)6-11(10)12/h4-8H,1-3H3,(H2,14,15). The zero-order chi connectivity index (χ0) is 11.0. The lowest BCUT2D eigenvalue weighted by atomic mass is 9.97. The average Bonchev–Trinajstić information content (AvgIpc) is 2.17. The zero-order valence-electron chi connectivity index (χ0n) is 9.41. The molecule has 0 unspecified atom stereocenters. The minimum atomic E-state index is 0.474. The van der Waals surface area contributed by atoms with Gasteiger partial charge in [-0.2, -0.15) is 0 Å². The molecular weight excluding hydrogens is 184 g/mol. The second-order valence-electron chi connectivity index (χ2n) is 4.30. The lowest BCUT2D eigenvalue weighted by Gasteiger charge is -2.11. The molecule has 0 aliphatic carbocycles. The SMILES string of the molecule is Cc1ccc2c(N)ncc(C(C)C)c2c1. The van der Waals surface area contributed by atoms with Crippen molar-refractivity contribution in [1.82, 2.24) is 4.98 Å². The number of pyridine rings is 1. The van der Waals surface area contributed by atoms with Gasteiger partial charge in [-0.3, -0.25) is 0 Å². The van der Waals surface area contributed by atoms with Crippen molar-refractivity contribution in [3.63, 3.8) is 0 Å². The summed E-state index contributed by atoms with van der Waals surface area (Å²) in [5.74, 6) is 1.09. The van der Waals surface area contributed by atoms with Crippen LogP contribution in [0.15, 0.2) is 24.4 Å². The molecule has 0 atom stereocenters. The van der Waals surface area contributed by atoms with Crippen molar-refractivity contribution in [3.05, 3.63) is 35.5 Å². The third-order valence-electron chi connectivity index (χ3n) is 2.73. The highest BCUT2D eigenvalue weighted by atomic mass is 14.8. The Hall–Kier alpha value is -1.57. The molecule has 0 saturated carbocycles. The Morgan fingerprint density at radius 2 is 1.93 bits per heavy atom. The van der Waals surface area contributed by atoms with E-state index in [9.17, 15) is 0 Å². The number of nitrogen functional groups attached to an aromatic ring is 1. The molecule has 0 aliphatic heterocycles. The van der Waals surface area contributed by atoms with Gasteiger partial charge in [-0.25, -0.2) is 4.98 Å². The maximum Gasteiger partial charge on any atom is 0.131 e. The van der Waals surface area contributed by atoms with Gasteiger partial charge in [-0.15, -0.1) is 0 Å². The average molecular weight is 200 g/mol. The maximum absolute atomic E-state index is 5.86. The first-order valence-electron chi connectivity index (χ1n) is 5.24. The van der Waals surface area contributed by atoms with Crippen molar-refractivity contribution in [2.24, 2.45) is 0 Å². The Bertz CT molecular complexity index is 501. The highest BCUT2D eigenvalue weighted by molar-refractivity contribution is 5.93. The highest BCUT2D eigenvalue weighted by Crippen LogP contribution is 2.28. The Kier molecular flexibility index (Phi) is 2.35. The van der Waals surface area contributed by atoms with E-state index in [0.717, 1.165) is 5.39 Å². The fraction of sp³-hybridized carbons (Fsp3) is 0.308. The van der Waals surface area contributed by atoms with Gasteiger partial charge in [0, 0.05) is 11.6 Å². The summed E-state index contributed by atoms with van der Waals surface area (Å²) in [6.07, 6.45) is 1.89. The smallest absolute Gasteiger partial charge is 0.131 e. The van der Waals surface area contributed by atoms with Crippen LogP contribution < -0.4 is 5.73 Å². The van der Waals surface area contributed by atoms with Crippen LogP contribution in [0.5, 0.6) is 0 Å². The summed E-state index contributed by atoms with van der Waals surface area (Å²) in [6.45, 7) is 6.45. The second kappa shape index (κ2) is 3.54. The van der Waals surface area contributed by atoms with Gasteiger partial charge >= 0.3 is 0 Å². The predicted molar refractivity (Wildman–Crippen MR) is 65.0 cm³/mol. The molecule has 2 rings (SSSR count). The summed E-state index contributed by atoms with van der Waals surface area (Å²) < 4.78 is 0. The minimum Gasteiger partial charge on any atom is -0.383 e. The normalized spacial score (nSPS) is 11.2. The molecule has 2 aromatic rings. The van der Waals surface area contributed by atoms with Gasteiger partial charge < -0.3 is 5.73 Å². The molecule has 2 nitrogen and oxygen atoms in total. The van der Waals surface area contributed by atoms with Crippen molar-refractivity contribution in [2.75, 3.05) is 5.73 Å². The van der Waals surface area contributed by atoms with Crippen molar-refractivity contribution in [3.8, 4) is 0 Å². The van der Waals surface area contributed by atoms with Crippen LogP contribution in [0.2, 0.25) is 0 Å².